The Morgan fingerprint density at radius 3 is 2.16 bits per heavy atom. The van der Waals surface area contributed by atoms with Crippen LogP contribution in [0.3, 0.4) is 0 Å². The van der Waals surface area contributed by atoms with Crippen molar-refractivity contribution < 1.29 is 51.6 Å². The molecule has 0 aromatic heterocycles. The van der Waals surface area contributed by atoms with Crippen LogP contribution in [0.15, 0.2) is 77.7 Å². The Morgan fingerprint density at radius 1 is 0.800 bits per heavy atom. The summed E-state index contributed by atoms with van der Waals surface area (Å²) in [6.07, 6.45) is -1.48. The molecule has 4 atom stereocenters. The fourth-order valence-electron chi connectivity index (χ4n) is 6.49. The Morgan fingerprint density at radius 2 is 1.47 bits per heavy atom. The average molecular weight is 780 g/mol. The van der Waals surface area contributed by atoms with E-state index in [0.29, 0.717) is 23.9 Å². The molecule has 294 valence electrons. The van der Waals surface area contributed by atoms with Gasteiger partial charge in [-0.3, -0.25) is 19.2 Å². The quantitative estimate of drug-likeness (QED) is 0.227. The second-order valence-corrected chi connectivity index (χ2v) is 15.5. The normalized spacial score (nSPS) is 23.2. The molecule has 17 heteroatoms. The molecule has 55 heavy (non-hydrogen) atoms. The summed E-state index contributed by atoms with van der Waals surface area (Å²) in [4.78, 5) is 54.4. The van der Waals surface area contributed by atoms with Gasteiger partial charge in [0.1, 0.15) is 49.4 Å². The molecule has 4 aliphatic heterocycles. The van der Waals surface area contributed by atoms with Gasteiger partial charge in [-0.15, -0.1) is 0 Å². The van der Waals surface area contributed by atoms with Gasteiger partial charge in [0.15, 0.2) is 17.1 Å². The minimum absolute atomic E-state index is 0.000167. The van der Waals surface area contributed by atoms with Gasteiger partial charge in [-0.05, 0) is 55.8 Å². The molecular weight excluding hydrogens is 735 g/mol. The number of sulfonamides is 1. The van der Waals surface area contributed by atoms with Crippen LogP contribution >= 0.6 is 0 Å². The van der Waals surface area contributed by atoms with E-state index >= 15 is 0 Å². The minimum atomic E-state index is -4.03. The molecule has 1 spiro atoms. The molecular formula is C38H45N5O11S. The largest absolute Gasteiger partial charge is 0.492 e. The van der Waals surface area contributed by atoms with E-state index in [1.807, 2.05) is 30.3 Å². The average Bonchev–Trinajstić information content (AvgIpc) is 3.18. The second-order valence-electron chi connectivity index (χ2n) is 13.6. The molecule has 16 nitrogen and oxygen atoms in total. The molecule has 3 aromatic carbocycles. The zero-order chi connectivity index (χ0) is 39.2. The van der Waals surface area contributed by atoms with Crippen LogP contribution in [0.5, 0.6) is 23.0 Å². The maximum atomic E-state index is 14.2. The summed E-state index contributed by atoms with van der Waals surface area (Å²) >= 11 is 0. The third-order valence-electron chi connectivity index (χ3n) is 9.62. The van der Waals surface area contributed by atoms with Gasteiger partial charge in [0.25, 0.3) is 5.91 Å². The number of nitrogens with zero attached hydrogens (tertiary/aromatic N) is 1. The Hall–Kier alpha value is -5.39. The summed E-state index contributed by atoms with van der Waals surface area (Å²) < 4.78 is 52.1. The number of ether oxygens (including phenoxy) is 4. The standard InChI is InChI=1S/C38H45N5O11S/c1-24-34(45)41-30(22-26-6-4-3-5-7-26)35(46)39-16-19-51-27-8-10-28(11-9-27)54-38(37(48)42-33(25(2)44)36(47)40-24)14-17-43(18-15-38)55(49,50)29-12-13-31-32(23-29)53-21-20-52-31/h3-13,23-25,30,33,44H,14-22H2,1-2H3,(H,39,46)(H,40,47)(H,41,45)(H,42,48)/t24-,25+,30-,33?/m0/s1. The molecule has 0 aliphatic carbocycles. The number of hydrogen-bond donors (Lipinski definition) is 5. The highest BCUT2D eigenvalue weighted by Gasteiger charge is 2.48. The number of amides is 4. The Balaban J connectivity index is 1.24. The van der Waals surface area contributed by atoms with Crippen molar-refractivity contribution in [1.82, 2.24) is 25.6 Å². The summed E-state index contributed by atoms with van der Waals surface area (Å²) in [6.45, 7) is 3.34. The number of fused-ring (bicyclic) bond motifs is 16. The molecule has 1 fully saturated rings. The predicted molar refractivity (Wildman–Crippen MR) is 197 cm³/mol. The predicted octanol–water partition coefficient (Wildman–Crippen LogP) is 0.667. The number of benzene rings is 3. The van der Waals surface area contributed by atoms with Crippen LogP contribution < -0.4 is 40.2 Å². The van der Waals surface area contributed by atoms with E-state index in [2.05, 4.69) is 21.3 Å². The van der Waals surface area contributed by atoms with E-state index in [9.17, 15) is 32.7 Å². The monoisotopic (exact) mass is 779 g/mol. The number of aliphatic hydroxyl groups is 1. The number of rotatable bonds is 5. The fourth-order valence-corrected chi connectivity index (χ4v) is 7.95. The minimum Gasteiger partial charge on any atom is -0.492 e. The van der Waals surface area contributed by atoms with E-state index in [0.717, 1.165) is 5.56 Å². The fraction of sp³-hybridized carbons (Fsp3) is 0.421. The maximum absolute atomic E-state index is 14.2. The molecule has 4 amide bonds. The van der Waals surface area contributed by atoms with Gasteiger partial charge in [-0.1, -0.05) is 30.3 Å². The third kappa shape index (κ3) is 9.29. The molecule has 4 aliphatic rings. The van der Waals surface area contributed by atoms with Crippen molar-refractivity contribution in [2.75, 3.05) is 39.5 Å². The highest BCUT2D eigenvalue weighted by atomic mass is 32.2. The first-order chi connectivity index (χ1) is 26.3. The van der Waals surface area contributed by atoms with Gasteiger partial charge in [-0.2, -0.15) is 4.31 Å². The first-order valence-electron chi connectivity index (χ1n) is 18.1. The number of piperidine rings is 1. The summed E-state index contributed by atoms with van der Waals surface area (Å²) in [7, 11) is -4.03. The number of aliphatic hydroxyl groups excluding tert-OH is 1. The van der Waals surface area contributed by atoms with Gasteiger partial charge in [0.2, 0.25) is 27.7 Å². The Labute approximate surface area is 318 Å². The molecule has 4 heterocycles. The lowest BCUT2D eigenvalue weighted by atomic mass is 9.90. The highest BCUT2D eigenvalue weighted by Crippen LogP contribution is 2.36. The van der Waals surface area contributed by atoms with Crippen LogP contribution in [0, 0.1) is 0 Å². The highest BCUT2D eigenvalue weighted by molar-refractivity contribution is 7.89. The van der Waals surface area contributed by atoms with Crippen LogP contribution in [0.2, 0.25) is 0 Å². The number of carbonyl (C=O) groups is 4. The first-order valence-corrected chi connectivity index (χ1v) is 19.5. The van der Waals surface area contributed by atoms with Crippen LogP contribution in [0.25, 0.3) is 0 Å². The Bertz CT molecular complexity index is 1970. The van der Waals surface area contributed by atoms with Gasteiger partial charge in [0, 0.05) is 38.4 Å². The molecule has 3 aromatic rings. The maximum Gasteiger partial charge on any atom is 0.265 e. The van der Waals surface area contributed by atoms with Crippen molar-refractivity contribution in [2.45, 2.75) is 67.8 Å². The molecule has 1 saturated heterocycles. The first kappa shape index (κ1) is 39.3. The smallest absolute Gasteiger partial charge is 0.265 e. The van der Waals surface area contributed by atoms with E-state index in [1.165, 1.54) is 36.4 Å². The number of nitrogens with one attached hydrogen (secondary N) is 4. The Kier molecular flexibility index (Phi) is 12.1. The van der Waals surface area contributed by atoms with Crippen molar-refractivity contribution in [2.24, 2.45) is 0 Å². The lowest BCUT2D eigenvalue weighted by Crippen LogP contribution is -2.63. The van der Waals surface area contributed by atoms with E-state index in [-0.39, 0.29) is 62.8 Å². The van der Waals surface area contributed by atoms with Gasteiger partial charge < -0.3 is 45.3 Å². The summed E-state index contributed by atoms with van der Waals surface area (Å²) in [5.74, 6) is -1.28. The zero-order valence-corrected chi connectivity index (χ0v) is 31.3. The molecule has 5 N–H and O–H groups in total. The molecule has 2 bridgehead atoms. The SMILES string of the molecule is C[C@@H]1NC(=O)C([C@@H](C)O)NC(=O)C2(CCN(S(=O)(=O)c3ccc4c(c3)OCCO4)CC2)Oc2ccc(cc2)OCCNC(=O)[C@H](Cc2ccccc2)NC1=O. The summed E-state index contributed by atoms with van der Waals surface area (Å²) in [5.41, 5.74) is -0.877. The van der Waals surface area contributed by atoms with Crippen LogP contribution in [0.4, 0.5) is 0 Å². The van der Waals surface area contributed by atoms with Crippen molar-refractivity contribution in [1.29, 1.82) is 0 Å². The topological polar surface area (TPSA) is 211 Å². The van der Waals surface area contributed by atoms with Crippen LogP contribution in [-0.2, 0) is 35.6 Å². The van der Waals surface area contributed by atoms with Gasteiger partial charge >= 0.3 is 0 Å². The second kappa shape index (κ2) is 17.0. The van der Waals surface area contributed by atoms with E-state index < -0.39 is 63.5 Å². The lowest BCUT2D eigenvalue weighted by Gasteiger charge is -2.41. The van der Waals surface area contributed by atoms with Gasteiger partial charge in [0.05, 0.1) is 17.5 Å². The summed E-state index contributed by atoms with van der Waals surface area (Å²) in [5, 5.41) is 21.3. The van der Waals surface area contributed by atoms with E-state index in [4.69, 9.17) is 18.9 Å². The lowest BCUT2D eigenvalue weighted by molar-refractivity contribution is -0.145. The van der Waals surface area contributed by atoms with Gasteiger partial charge in [-0.25, -0.2) is 8.42 Å². The molecule has 0 saturated carbocycles. The summed E-state index contributed by atoms with van der Waals surface area (Å²) in [6, 6.07) is 16.2. The van der Waals surface area contributed by atoms with Crippen molar-refractivity contribution in [3.05, 3.63) is 78.4 Å². The van der Waals surface area contributed by atoms with E-state index in [1.54, 1.807) is 24.3 Å². The van der Waals surface area contributed by atoms with Crippen molar-refractivity contribution in [3.8, 4) is 23.0 Å². The zero-order valence-electron chi connectivity index (χ0n) is 30.5. The number of carbonyl (C=O) groups excluding carboxylic acids is 4. The number of hydrogen-bond acceptors (Lipinski definition) is 11. The van der Waals surface area contributed by atoms with Crippen molar-refractivity contribution in [3.63, 3.8) is 0 Å². The van der Waals surface area contributed by atoms with Crippen molar-refractivity contribution >= 4 is 33.7 Å². The van der Waals surface area contributed by atoms with Crippen LogP contribution in [-0.4, -0.2) is 111 Å². The molecule has 7 rings (SSSR count). The molecule has 1 unspecified atom stereocenters. The molecule has 0 radical (unpaired) electrons. The van der Waals surface area contributed by atoms with Crippen LogP contribution in [0.1, 0.15) is 32.3 Å². The third-order valence-corrected chi connectivity index (χ3v) is 11.5.